The van der Waals surface area contributed by atoms with Gasteiger partial charge in [-0.05, 0) is 56.5 Å². The van der Waals surface area contributed by atoms with Gasteiger partial charge in [-0.2, -0.15) is 0 Å². The SMILES string of the molecule is Cc1cc(C)cc(C(C)(O)c2ccc(F)c(C)c2)c1. The zero-order valence-corrected chi connectivity index (χ0v) is 11.8. The lowest BCUT2D eigenvalue weighted by atomic mass is 9.86. The number of rotatable bonds is 2. The van der Waals surface area contributed by atoms with Crippen LogP contribution in [0.3, 0.4) is 0 Å². The van der Waals surface area contributed by atoms with Crippen molar-refractivity contribution < 1.29 is 9.50 Å². The van der Waals surface area contributed by atoms with Gasteiger partial charge in [0, 0.05) is 0 Å². The summed E-state index contributed by atoms with van der Waals surface area (Å²) in [6.45, 7) is 7.45. The number of aliphatic hydroxyl groups is 1. The molecule has 0 bridgehead atoms. The van der Waals surface area contributed by atoms with Crippen molar-refractivity contribution >= 4 is 0 Å². The van der Waals surface area contributed by atoms with Gasteiger partial charge in [-0.25, -0.2) is 4.39 Å². The van der Waals surface area contributed by atoms with Crippen molar-refractivity contribution in [3.05, 3.63) is 70.0 Å². The van der Waals surface area contributed by atoms with Gasteiger partial charge in [0.15, 0.2) is 0 Å². The lowest BCUT2D eigenvalue weighted by Crippen LogP contribution is -2.23. The van der Waals surface area contributed by atoms with E-state index in [9.17, 15) is 9.50 Å². The summed E-state index contributed by atoms with van der Waals surface area (Å²) in [6.07, 6.45) is 0. The van der Waals surface area contributed by atoms with E-state index < -0.39 is 5.60 Å². The third-order valence-electron chi connectivity index (χ3n) is 3.50. The molecule has 2 aromatic carbocycles. The van der Waals surface area contributed by atoms with Crippen LogP contribution < -0.4 is 0 Å². The Labute approximate surface area is 113 Å². The van der Waals surface area contributed by atoms with Crippen molar-refractivity contribution in [2.45, 2.75) is 33.3 Å². The van der Waals surface area contributed by atoms with Crippen molar-refractivity contribution in [2.24, 2.45) is 0 Å². The van der Waals surface area contributed by atoms with E-state index in [-0.39, 0.29) is 5.82 Å². The molecule has 100 valence electrons. The average molecular weight is 258 g/mol. The van der Waals surface area contributed by atoms with Gasteiger partial charge in [0.05, 0.1) is 0 Å². The smallest absolute Gasteiger partial charge is 0.126 e. The molecule has 1 N–H and O–H groups in total. The maximum Gasteiger partial charge on any atom is 0.126 e. The molecule has 0 aliphatic carbocycles. The molecule has 0 saturated carbocycles. The number of hydrogen-bond acceptors (Lipinski definition) is 1. The molecule has 0 aromatic heterocycles. The van der Waals surface area contributed by atoms with E-state index >= 15 is 0 Å². The van der Waals surface area contributed by atoms with Crippen LogP contribution in [-0.2, 0) is 5.60 Å². The van der Waals surface area contributed by atoms with E-state index in [0.29, 0.717) is 11.1 Å². The molecule has 0 spiro atoms. The van der Waals surface area contributed by atoms with Gasteiger partial charge in [-0.1, -0.05) is 35.4 Å². The highest BCUT2D eigenvalue weighted by Gasteiger charge is 2.26. The highest BCUT2D eigenvalue weighted by Crippen LogP contribution is 2.31. The maximum absolute atomic E-state index is 13.3. The molecular weight excluding hydrogens is 239 g/mol. The van der Waals surface area contributed by atoms with E-state index in [1.165, 1.54) is 6.07 Å². The summed E-state index contributed by atoms with van der Waals surface area (Å²) < 4.78 is 13.3. The molecule has 0 aliphatic heterocycles. The zero-order valence-electron chi connectivity index (χ0n) is 11.8. The molecule has 2 heteroatoms. The average Bonchev–Trinajstić information content (AvgIpc) is 2.31. The topological polar surface area (TPSA) is 20.2 Å². The van der Waals surface area contributed by atoms with Crippen molar-refractivity contribution in [1.29, 1.82) is 0 Å². The maximum atomic E-state index is 13.3. The predicted molar refractivity (Wildman–Crippen MR) is 75.7 cm³/mol. The van der Waals surface area contributed by atoms with Crippen LogP contribution >= 0.6 is 0 Å². The van der Waals surface area contributed by atoms with Gasteiger partial charge in [-0.3, -0.25) is 0 Å². The highest BCUT2D eigenvalue weighted by atomic mass is 19.1. The molecule has 0 aliphatic rings. The Balaban J connectivity index is 2.54. The van der Waals surface area contributed by atoms with Gasteiger partial charge < -0.3 is 5.11 Å². The molecule has 0 radical (unpaired) electrons. The molecule has 1 atom stereocenters. The lowest BCUT2D eigenvalue weighted by molar-refractivity contribution is 0.102. The fourth-order valence-electron chi connectivity index (χ4n) is 2.37. The van der Waals surface area contributed by atoms with Crippen molar-refractivity contribution in [3.63, 3.8) is 0 Å². The quantitative estimate of drug-likeness (QED) is 0.863. The summed E-state index contributed by atoms with van der Waals surface area (Å²) in [6, 6.07) is 10.7. The van der Waals surface area contributed by atoms with E-state index in [1.807, 2.05) is 26.0 Å². The Hall–Kier alpha value is -1.67. The largest absolute Gasteiger partial charge is 0.381 e. The zero-order chi connectivity index (χ0) is 14.2. The van der Waals surface area contributed by atoms with E-state index in [1.54, 1.807) is 26.0 Å². The molecule has 19 heavy (non-hydrogen) atoms. The van der Waals surface area contributed by atoms with E-state index in [0.717, 1.165) is 16.7 Å². The van der Waals surface area contributed by atoms with Gasteiger partial charge in [0.25, 0.3) is 0 Å². The normalized spacial score (nSPS) is 14.2. The summed E-state index contributed by atoms with van der Waals surface area (Å²) in [5, 5.41) is 10.8. The Morgan fingerprint density at radius 3 is 2.00 bits per heavy atom. The minimum atomic E-state index is -1.12. The molecule has 0 fully saturated rings. The van der Waals surface area contributed by atoms with Crippen molar-refractivity contribution in [2.75, 3.05) is 0 Å². The molecule has 0 saturated heterocycles. The summed E-state index contributed by atoms with van der Waals surface area (Å²) in [5.41, 5.74) is 3.17. The number of benzene rings is 2. The highest BCUT2D eigenvalue weighted by molar-refractivity contribution is 5.40. The van der Waals surface area contributed by atoms with Crippen LogP contribution in [0, 0.1) is 26.6 Å². The third-order valence-corrected chi connectivity index (χ3v) is 3.50. The van der Waals surface area contributed by atoms with Crippen LogP contribution in [-0.4, -0.2) is 5.11 Å². The van der Waals surface area contributed by atoms with Gasteiger partial charge in [0.2, 0.25) is 0 Å². The fourth-order valence-corrected chi connectivity index (χ4v) is 2.37. The van der Waals surface area contributed by atoms with Crippen molar-refractivity contribution in [1.82, 2.24) is 0 Å². The molecule has 1 unspecified atom stereocenters. The van der Waals surface area contributed by atoms with Gasteiger partial charge in [0.1, 0.15) is 11.4 Å². The van der Waals surface area contributed by atoms with Crippen LogP contribution in [0.5, 0.6) is 0 Å². The second kappa shape index (κ2) is 4.78. The number of aryl methyl sites for hydroxylation is 3. The Kier molecular flexibility index (Phi) is 3.46. The van der Waals surface area contributed by atoms with Crippen LogP contribution in [0.15, 0.2) is 36.4 Å². The second-order valence-corrected chi connectivity index (χ2v) is 5.41. The van der Waals surface area contributed by atoms with Gasteiger partial charge in [-0.15, -0.1) is 0 Å². The minimum Gasteiger partial charge on any atom is -0.381 e. The third kappa shape index (κ3) is 2.69. The number of halogens is 1. The molecule has 2 rings (SSSR count). The van der Waals surface area contributed by atoms with Crippen LogP contribution in [0.4, 0.5) is 4.39 Å². The summed E-state index contributed by atoms with van der Waals surface area (Å²) in [4.78, 5) is 0. The fraction of sp³-hybridized carbons (Fsp3) is 0.294. The molecule has 2 aromatic rings. The minimum absolute atomic E-state index is 0.250. The lowest BCUT2D eigenvalue weighted by Gasteiger charge is -2.26. The van der Waals surface area contributed by atoms with Crippen LogP contribution in [0.25, 0.3) is 0 Å². The molecule has 0 heterocycles. The summed E-state index contributed by atoms with van der Waals surface area (Å²) in [7, 11) is 0. The predicted octanol–water partition coefficient (Wildman–Crippen LogP) is 4.01. The summed E-state index contributed by atoms with van der Waals surface area (Å²) in [5.74, 6) is -0.250. The molecule has 1 nitrogen and oxygen atoms in total. The van der Waals surface area contributed by atoms with Crippen molar-refractivity contribution in [3.8, 4) is 0 Å². The van der Waals surface area contributed by atoms with Crippen LogP contribution in [0.1, 0.15) is 34.7 Å². The summed E-state index contributed by atoms with van der Waals surface area (Å²) >= 11 is 0. The molecular formula is C17H19FO. The van der Waals surface area contributed by atoms with E-state index in [4.69, 9.17) is 0 Å². The molecule has 0 amide bonds. The van der Waals surface area contributed by atoms with Gasteiger partial charge >= 0.3 is 0 Å². The van der Waals surface area contributed by atoms with E-state index in [2.05, 4.69) is 6.07 Å². The monoisotopic (exact) mass is 258 g/mol. The van der Waals surface area contributed by atoms with Crippen LogP contribution in [0.2, 0.25) is 0 Å². The first-order valence-electron chi connectivity index (χ1n) is 6.38. The first-order valence-corrected chi connectivity index (χ1v) is 6.38. The Bertz CT molecular complexity index is 594. The Morgan fingerprint density at radius 2 is 1.47 bits per heavy atom. The first-order chi connectivity index (χ1) is 8.80. The Morgan fingerprint density at radius 1 is 0.895 bits per heavy atom. The first kappa shape index (κ1) is 13.8. The standard InChI is InChI=1S/C17H19FO/c1-11-7-12(2)9-15(8-11)17(4,19)14-5-6-16(18)13(3)10-14/h5-10,19H,1-4H3. The second-order valence-electron chi connectivity index (χ2n) is 5.41. The number of hydrogen-bond donors (Lipinski definition) is 1.